The minimum absolute atomic E-state index is 0.0289. The number of hydrogen-bond donors (Lipinski definition) is 2. The summed E-state index contributed by atoms with van der Waals surface area (Å²) in [6, 6.07) is 0. The molecule has 0 spiro atoms. The maximum Gasteiger partial charge on any atom is 0.0573 e. The van der Waals surface area contributed by atoms with Crippen molar-refractivity contribution in [2.45, 2.75) is 92.3 Å². The fraction of sp³-hybridized carbons (Fsp3) is 1.00. The van der Waals surface area contributed by atoms with Crippen molar-refractivity contribution < 1.29 is 10.2 Å². The van der Waals surface area contributed by atoms with Crippen LogP contribution in [0.2, 0.25) is 0 Å². The second-order valence-corrected chi connectivity index (χ2v) is 8.79. The zero-order chi connectivity index (χ0) is 16.9. The Morgan fingerprint density at radius 1 is 0.636 bits per heavy atom. The molecule has 0 aromatic carbocycles. The topological polar surface area (TPSA) is 40.5 Å². The normalized spacial score (nSPS) is 39.5. The largest absolute Gasteiger partial charge is 0.393 e. The molecule has 0 amide bonds. The predicted molar refractivity (Wildman–Crippen MR) is 94.7 cm³/mol. The molecule has 0 heterocycles. The van der Waals surface area contributed by atoms with E-state index in [1.54, 1.807) is 0 Å². The van der Waals surface area contributed by atoms with Gasteiger partial charge in [-0.1, -0.05) is 54.4 Å². The SMILES string of the molecule is CC(C)[C@@H]1CC[C@H](C)C[C@H]1O.CC1CCC(C(C)C)C(O)C1. The smallest absolute Gasteiger partial charge is 0.0573 e. The van der Waals surface area contributed by atoms with Gasteiger partial charge in [-0.25, -0.2) is 0 Å². The standard InChI is InChI=1S/2C10H20O/c2*1-7(2)9-5-4-8(3)6-10(9)11/h2*7-11H,4-6H2,1-3H3/t8-,9-,10+;/m0./s1. The van der Waals surface area contributed by atoms with Crippen molar-refractivity contribution >= 4 is 0 Å². The Morgan fingerprint density at radius 2 is 0.955 bits per heavy atom. The van der Waals surface area contributed by atoms with Gasteiger partial charge in [0.25, 0.3) is 0 Å². The van der Waals surface area contributed by atoms with Gasteiger partial charge in [-0.3, -0.25) is 0 Å². The molecule has 22 heavy (non-hydrogen) atoms. The summed E-state index contributed by atoms with van der Waals surface area (Å²) in [4.78, 5) is 0. The molecule has 2 saturated carbocycles. The summed E-state index contributed by atoms with van der Waals surface area (Å²) < 4.78 is 0. The number of rotatable bonds is 2. The van der Waals surface area contributed by atoms with Gasteiger partial charge in [0.15, 0.2) is 0 Å². The molecule has 6 atom stereocenters. The fourth-order valence-corrected chi connectivity index (χ4v) is 4.30. The van der Waals surface area contributed by atoms with E-state index < -0.39 is 0 Å². The molecule has 0 saturated heterocycles. The van der Waals surface area contributed by atoms with Crippen LogP contribution in [0.1, 0.15) is 80.1 Å². The average molecular weight is 313 g/mol. The predicted octanol–water partition coefficient (Wildman–Crippen LogP) is 4.88. The van der Waals surface area contributed by atoms with E-state index in [4.69, 9.17) is 0 Å². The molecule has 0 aromatic rings. The second kappa shape index (κ2) is 9.27. The summed E-state index contributed by atoms with van der Waals surface area (Å²) >= 11 is 0. The minimum Gasteiger partial charge on any atom is -0.393 e. The van der Waals surface area contributed by atoms with E-state index in [-0.39, 0.29) is 12.2 Å². The molecule has 2 aliphatic carbocycles. The van der Waals surface area contributed by atoms with E-state index in [0.717, 1.165) is 24.7 Å². The van der Waals surface area contributed by atoms with E-state index in [1.807, 2.05) is 0 Å². The van der Waals surface area contributed by atoms with Crippen molar-refractivity contribution in [3.63, 3.8) is 0 Å². The van der Waals surface area contributed by atoms with E-state index in [2.05, 4.69) is 41.5 Å². The lowest BCUT2D eigenvalue weighted by Gasteiger charge is -2.33. The first-order chi connectivity index (χ1) is 10.2. The summed E-state index contributed by atoms with van der Waals surface area (Å²) in [7, 11) is 0. The van der Waals surface area contributed by atoms with Gasteiger partial charge in [-0.15, -0.1) is 0 Å². The fourth-order valence-electron chi connectivity index (χ4n) is 4.30. The first kappa shape index (κ1) is 20.0. The highest BCUT2D eigenvalue weighted by atomic mass is 16.3. The van der Waals surface area contributed by atoms with Crippen molar-refractivity contribution in [3.05, 3.63) is 0 Å². The first-order valence-electron chi connectivity index (χ1n) is 9.58. The molecule has 0 aliphatic heterocycles. The highest BCUT2D eigenvalue weighted by molar-refractivity contribution is 4.80. The van der Waals surface area contributed by atoms with Gasteiger partial charge in [0, 0.05) is 0 Å². The maximum absolute atomic E-state index is 9.71. The lowest BCUT2D eigenvalue weighted by atomic mass is 9.75. The summed E-state index contributed by atoms with van der Waals surface area (Å²) in [6.07, 6.45) is 7.03. The molecule has 2 nitrogen and oxygen atoms in total. The molecule has 3 unspecified atom stereocenters. The molecule has 2 aliphatic rings. The van der Waals surface area contributed by atoms with Gasteiger partial charge in [0.05, 0.1) is 12.2 Å². The van der Waals surface area contributed by atoms with Crippen LogP contribution >= 0.6 is 0 Å². The van der Waals surface area contributed by atoms with Crippen LogP contribution in [-0.2, 0) is 0 Å². The van der Waals surface area contributed by atoms with Gasteiger partial charge < -0.3 is 10.2 Å². The number of aliphatic hydroxyl groups excluding tert-OH is 2. The van der Waals surface area contributed by atoms with Crippen LogP contribution in [0.15, 0.2) is 0 Å². The monoisotopic (exact) mass is 312 g/mol. The van der Waals surface area contributed by atoms with Crippen LogP contribution < -0.4 is 0 Å². The molecule has 0 radical (unpaired) electrons. The Morgan fingerprint density at radius 3 is 1.18 bits per heavy atom. The quantitative estimate of drug-likeness (QED) is 0.763. The highest BCUT2D eigenvalue weighted by Gasteiger charge is 2.29. The van der Waals surface area contributed by atoms with Crippen LogP contribution in [0.3, 0.4) is 0 Å². The van der Waals surface area contributed by atoms with Crippen LogP contribution in [0.25, 0.3) is 0 Å². The lowest BCUT2D eigenvalue weighted by Crippen LogP contribution is -2.31. The zero-order valence-corrected chi connectivity index (χ0v) is 15.8. The molecule has 2 fully saturated rings. The minimum atomic E-state index is -0.0289. The molecular formula is C20H40O2. The Bertz CT molecular complexity index is 270. The van der Waals surface area contributed by atoms with Crippen LogP contribution in [0.5, 0.6) is 0 Å². The van der Waals surface area contributed by atoms with Crippen molar-refractivity contribution in [2.75, 3.05) is 0 Å². The molecular weight excluding hydrogens is 272 g/mol. The Hall–Kier alpha value is -0.0800. The lowest BCUT2D eigenvalue weighted by molar-refractivity contribution is 0.0263. The summed E-state index contributed by atoms with van der Waals surface area (Å²) in [5.74, 6) is 3.90. The summed E-state index contributed by atoms with van der Waals surface area (Å²) in [5.41, 5.74) is 0. The molecule has 2 heteroatoms. The van der Waals surface area contributed by atoms with E-state index in [9.17, 15) is 10.2 Å². The van der Waals surface area contributed by atoms with Gasteiger partial charge >= 0.3 is 0 Å². The molecule has 132 valence electrons. The van der Waals surface area contributed by atoms with E-state index in [1.165, 1.54) is 25.7 Å². The Balaban J connectivity index is 0.000000220. The van der Waals surface area contributed by atoms with Crippen molar-refractivity contribution in [2.24, 2.45) is 35.5 Å². The summed E-state index contributed by atoms with van der Waals surface area (Å²) in [6.45, 7) is 13.3. The van der Waals surface area contributed by atoms with Crippen LogP contribution in [-0.4, -0.2) is 22.4 Å². The molecule has 2 rings (SSSR count). The van der Waals surface area contributed by atoms with Crippen molar-refractivity contribution in [3.8, 4) is 0 Å². The van der Waals surface area contributed by atoms with E-state index >= 15 is 0 Å². The van der Waals surface area contributed by atoms with Gasteiger partial charge in [0.2, 0.25) is 0 Å². The highest BCUT2D eigenvalue weighted by Crippen LogP contribution is 2.33. The van der Waals surface area contributed by atoms with Gasteiger partial charge in [0.1, 0.15) is 0 Å². The van der Waals surface area contributed by atoms with Crippen LogP contribution in [0.4, 0.5) is 0 Å². The maximum atomic E-state index is 9.71. The molecule has 0 aromatic heterocycles. The zero-order valence-electron chi connectivity index (χ0n) is 15.8. The van der Waals surface area contributed by atoms with Gasteiger partial charge in [-0.05, 0) is 61.2 Å². The van der Waals surface area contributed by atoms with Crippen LogP contribution in [0, 0.1) is 35.5 Å². The Kier molecular flexibility index (Phi) is 8.42. The van der Waals surface area contributed by atoms with Crippen molar-refractivity contribution in [1.29, 1.82) is 0 Å². The third-order valence-corrected chi connectivity index (χ3v) is 5.97. The second-order valence-electron chi connectivity index (χ2n) is 8.79. The first-order valence-corrected chi connectivity index (χ1v) is 9.58. The van der Waals surface area contributed by atoms with Crippen molar-refractivity contribution in [1.82, 2.24) is 0 Å². The number of aliphatic hydroxyl groups is 2. The third-order valence-electron chi connectivity index (χ3n) is 5.97. The average Bonchev–Trinajstić information content (AvgIpc) is 2.38. The molecule has 2 N–H and O–H groups in total. The Labute approximate surface area is 138 Å². The van der Waals surface area contributed by atoms with Gasteiger partial charge in [-0.2, -0.15) is 0 Å². The summed E-state index contributed by atoms with van der Waals surface area (Å²) in [5, 5.41) is 19.4. The molecule has 0 bridgehead atoms. The number of hydrogen-bond acceptors (Lipinski definition) is 2. The van der Waals surface area contributed by atoms with E-state index in [0.29, 0.717) is 23.7 Å². The third kappa shape index (κ3) is 6.20.